The number of aryl methyl sites for hydroxylation is 2. The van der Waals surface area contributed by atoms with E-state index in [-0.39, 0.29) is 12.3 Å². The van der Waals surface area contributed by atoms with Crippen LogP contribution in [0, 0.1) is 6.92 Å². The Morgan fingerprint density at radius 1 is 1.45 bits per heavy atom. The van der Waals surface area contributed by atoms with Crippen LogP contribution in [0.1, 0.15) is 11.1 Å². The molecule has 8 nitrogen and oxygen atoms in total. The fourth-order valence-corrected chi connectivity index (χ4v) is 1.75. The van der Waals surface area contributed by atoms with Crippen LogP contribution < -0.4 is 5.69 Å². The van der Waals surface area contributed by atoms with Crippen LogP contribution in [-0.4, -0.2) is 26.2 Å². The summed E-state index contributed by atoms with van der Waals surface area (Å²) >= 11 is 3.45. The minimum absolute atomic E-state index is 0.214. The van der Waals surface area contributed by atoms with Gasteiger partial charge in [-0.2, -0.15) is 9.36 Å². The van der Waals surface area contributed by atoms with Crippen LogP contribution in [0.25, 0.3) is 5.69 Å². The molecule has 9 heteroatoms. The number of benzene rings is 1. The summed E-state index contributed by atoms with van der Waals surface area (Å²) in [4.78, 5) is 11.9. The van der Waals surface area contributed by atoms with Crippen molar-refractivity contribution in [1.82, 2.24) is 19.8 Å². The molecule has 0 aliphatic carbocycles. The second-order valence-electron chi connectivity index (χ2n) is 3.97. The Balaban J connectivity index is 2.38. The molecule has 0 N–H and O–H groups in total. The highest BCUT2D eigenvalue weighted by atomic mass is 32.1. The summed E-state index contributed by atoms with van der Waals surface area (Å²) in [5.41, 5.74) is 2.05. The Bertz CT molecular complexity index is 679. The molecule has 0 bridgehead atoms. The maximum atomic E-state index is 11.9. The molecule has 0 radical (unpaired) electrons. The van der Waals surface area contributed by atoms with Gasteiger partial charge in [-0.05, 0) is 34.1 Å². The van der Waals surface area contributed by atoms with Crippen molar-refractivity contribution < 1.29 is 9.02 Å². The topological polar surface area (TPSA) is 83.5 Å². The summed E-state index contributed by atoms with van der Waals surface area (Å²) < 4.78 is 11.8. The lowest BCUT2D eigenvalue weighted by Crippen LogP contribution is -2.23. The van der Waals surface area contributed by atoms with E-state index in [0.717, 1.165) is 22.2 Å². The van der Waals surface area contributed by atoms with Gasteiger partial charge in [-0.25, -0.2) is 4.79 Å². The molecule has 0 fully saturated rings. The Hall–Kier alpha value is -2.29. The average Bonchev–Trinajstić information content (AvgIpc) is 2.76. The van der Waals surface area contributed by atoms with Gasteiger partial charge in [0.15, 0.2) is 0 Å². The molecule has 0 saturated heterocycles. The Labute approximate surface area is 120 Å². The number of thiol groups is 1. The summed E-state index contributed by atoms with van der Waals surface area (Å²) in [6.07, 6.45) is 1.13. The van der Waals surface area contributed by atoms with E-state index >= 15 is 0 Å². The zero-order valence-electron chi connectivity index (χ0n) is 10.9. The first-order valence-electron chi connectivity index (χ1n) is 5.67. The molecule has 0 amide bonds. The van der Waals surface area contributed by atoms with Crippen LogP contribution in [0.4, 0.5) is 0 Å². The van der Waals surface area contributed by atoms with Gasteiger partial charge in [0.25, 0.3) is 0 Å². The quantitative estimate of drug-likeness (QED) is 0.287. The van der Waals surface area contributed by atoms with Gasteiger partial charge in [0.1, 0.15) is 6.61 Å². The highest BCUT2D eigenvalue weighted by molar-refractivity contribution is 7.75. The van der Waals surface area contributed by atoms with E-state index in [4.69, 9.17) is 4.74 Å². The van der Waals surface area contributed by atoms with Crippen molar-refractivity contribution in [3.8, 4) is 5.69 Å². The van der Waals surface area contributed by atoms with E-state index in [0.29, 0.717) is 5.69 Å². The fraction of sp³-hybridized carbons (Fsp3) is 0.273. The van der Waals surface area contributed by atoms with E-state index in [1.807, 2.05) is 19.1 Å². The zero-order valence-corrected chi connectivity index (χ0v) is 11.8. The molecular weight excluding hydrogens is 282 g/mol. The number of aromatic nitrogens is 4. The van der Waals surface area contributed by atoms with E-state index in [2.05, 4.69) is 32.8 Å². The summed E-state index contributed by atoms with van der Waals surface area (Å²) in [7, 11) is 1.54. The van der Waals surface area contributed by atoms with Gasteiger partial charge in [-0.15, -0.1) is 0 Å². The summed E-state index contributed by atoms with van der Waals surface area (Å²) in [6, 6.07) is 5.52. The minimum atomic E-state index is -0.329. The summed E-state index contributed by atoms with van der Waals surface area (Å²) in [5.74, 6) is 0. The zero-order chi connectivity index (χ0) is 14.5. The maximum absolute atomic E-state index is 11.9. The molecule has 1 aromatic carbocycles. The van der Waals surface area contributed by atoms with E-state index < -0.39 is 0 Å². The van der Waals surface area contributed by atoms with Gasteiger partial charge >= 0.3 is 5.69 Å². The normalized spacial score (nSPS) is 10.9. The monoisotopic (exact) mass is 295 g/mol. The molecule has 0 atom stereocenters. The summed E-state index contributed by atoms with van der Waals surface area (Å²) in [6.45, 7) is 2.13. The van der Waals surface area contributed by atoms with Crippen molar-refractivity contribution in [3.63, 3.8) is 0 Å². The Morgan fingerprint density at radius 3 is 2.90 bits per heavy atom. The largest absolute Gasteiger partial charge is 0.476 e. The van der Waals surface area contributed by atoms with Crippen LogP contribution in [0.3, 0.4) is 0 Å². The fourth-order valence-electron chi connectivity index (χ4n) is 1.71. The predicted molar refractivity (Wildman–Crippen MR) is 74.7 cm³/mol. The van der Waals surface area contributed by atoms with Crippen molar-refractivity contribution in [2.75, 3.05) is 0 Å². The van der Waals surface area contributed by atoms with Crippen LogP contribution in [0.5, 0.6) is 0 Å². The molecule has 2 aromatic rings. The minimum Gasteiger partial charge on any atom is -0.476 e. The molecule has 0 aliphatic heterocycles. The van der Waals surface area contributed by atoms with Crippen LogP contribution in [-0.2, 0) is 22.7 Å². The third-order valence-corrected chi connectivity index (χ3v) is 2.82. The number of oxime groups is 1. The molecule has 106 valence electrons. The number of ether oxygens (including phenoxy) is 1. The van der Waals surface area contributed by atoms with E-state index in [1.54, 1.807) is 6.07 Å². The van der Waals surface area contributed by atoms with Crippen molar-refractivity contribution in [2.45, 2.75) is 13.5 Å². The first-order chi connectivity index (χ1) is 9.65. The lowest BCUT2D eigenvalue weighted by Gasteiger charge is -2.10. The SMILES string of the molecule is Cc1cccc(-n2nnn(C)c2=O)c1COC=NOS. The lowest BCUT2D eigenvalue weighted by molar-refractivity contribution is 0.285. The molecule has 0 aliphatic rings. The summed E-state index contributed by atoms with van der Waals surface area (Å²) in [5, 5.41) is 10.9. The lowest BCUT2D eigenvalue weighted by atomic mass is 10.1. The van der Waals surface area contributed by atoms with Gasteiger partial charge in [0.2, 0.25) is 6.40 Å². The Morgan fingerprint density at radius 2 is 2.25 bits per heavy atom. The highest BCUT2D eigenvalue weighted by Gasteiger charge is 2.12. The molecule has 2 rings (SSSR count). The number of hydrogen-bond acceptors (Lipinski definition) is 7. The number of hydrogen-bond donors (Lipinski definition) is 1. The number of nitrogens with zero attached hydrogens (tertiary/aromatic N) is 5. The van der Waals surface area contributed by atoms with E-state index in [1.165, 1.54) is 11.7 Å². The highest BCUT2D eigenvalue weighted by Crippen LogP contribution is 2.17. The van der Waals surface area contributed by atoms with Crippen molar-refractivity contribution >= 4 is 19.3 Å². The van der Waals surface area contributed by atoms with Crippen molar-refractivity contribution in [1.29, 1.82) is 0 Å². The molecule has 20 heavy (non-hydrogen) atoms. The third kappa shape index (κ3) is 2.82. The van der Waals surface area contributed by atoms with Gasteiger partial charge in [0.05, 0.1) is 18.6 Å². The maximum Gasteiger partial charge on any atom is 0.368 e. The van der Waals surface area contributed by atoms with E-state index in [9.17, 15) is 4.79 Å². The van der Waals surface area contributed by atoms with Crippen molar-refractivity contribution in [3.05, 3.63) is 39.8 Å². The Kier molecular flexibility index (Phi) is 4.41. The molecule has 0 saturated carbocycles. The van der Waals surface area contributed by atoms with Crippen LogP contribution >= 0.6 is 12.9 Å². The van der Waals surface area contributed by atoms with Gasteiger partial charge in [-0.3, -0.25) is 0 Å². The second-order valence-corrected chi connectivity index (χ2v) is 4.14. The van der Waals surface area contributed by atoms with Crippen LogP contribution in [0.2, 0.25) is 0 Å². The standard InChI is InChI=1S/C11H13N5O3S/c1-8-4-3-5-10(9(8)6-18-7-12-19-20)16-11(17)15(2)13-14-16/h3-5,7,20H,6H2,1-2H3. The number of tetrazole rings is 1. The molecular formula is C11H13N5O3S. The van der Waals surface area contributed by atoms with Gasteiger partial charge in [-0.1, -0.05) is 12.1 Å². The van der Waals surface area contributed by atoms with Gasteiger partial charge < -0.3 is 9.02 Å². The third-order valence-electron chi connectivity index (χ3n) is 2.73. The van der Waals surface area contributed by atoms with Gasteiger partial charge in [0, 0.05) is 12.6 Å². The van der Waals surface area contributed by atoms with Crippen LogP contribution in [0.15, 0.2) is 28.1 Å². The first kappa shape index (κ1) is 14.1. The smallest absolute Gasteiger partial charge is 0.368 e. The first-order valence-corrected chi connectivity index (χ1v) is 6.03. The average molecular weight is 295 g/mol. The van der Waals surface area contributed by atoms with Crippen molar-refractivity contribution in [2.24, 2.45) is 12.2 Å². The predicted octanol–water partition coefficient (Wildman–Crippen LogP) is 0.596. The number of rotatable bonds is 5. The molecule has 1 heterocycles. The molecule has 0 spiro atoms. The molecule has 1 aromatic heterocycles. The molecule has 0 unspecified atom stereocenters. The second kappa shape index (κ2) is 6.24.